The van der Waals surface area contributed by atoms with Crippen LogP contribution in [-0.4, -0.2) is 48.5 Å². The number of nitrogens with zero attached hydrogens (tertiary/aromatic N) is 3. The van der Waals surface area contributed by atoms with E-state index in [1.165, 1.54) is 0 Å². The molecule has 1 amide bonds. The topological polar surface area (TPSA) is 68.1 Å². The molecule has 2 aromatic heterocycles. The van der Waals surface area contributed by atoms with Gasteiger partial charge in [-0.15, -0.1) is 0 Å². The number of hydrogen-bond donors (Lipinski definition) is 1. The number of methoxy groups -OCH3 is 2. The summed E-state index contributed by atoms with van der Waals surface area (Å²) in [6, 6.07) is 10.9. The second kappa shape index (κ2) is 7.45. The lowest BCUT2D eigenvalue weighted by Crippen LogP contribution is -2.19. The third-order valence-electron chi connectivity index (χ3n) is 3.95. The van der Waals surface area contributed by atoms with Crippen LogP contribution in [0.3, 0.4) is 0 Å². The highest BCUT2D eigenvalue weighted by atomic mass is 16.5. The molecule has 3 rings (SSSR count). The average Bonchev–Trinajstić information content (AvgIpc) is 2.99. The molecule has 7 heteroatoms. The fourth-order valence-electron chi connectivity index (χ4n) is 2.78. The highest BCUT2D eigenvalue weighted by molar-refractivity contribution is 6.04. The summed E-state index contributed by atoms with van der Waals surface area (Å²) in [4.78, 5) is 19.4. The summed E-state index contributed by atoms with van der Waals surface area (Å²) in [5.41, 5.74) is 2.59. The summed E-state index contributed by atoms with van der Waals surface area (Å²) in [5, 5.41) is 2.89. The maximum Gasteiger partial charge on any atom is 0.276 e. The summed E-state index contributed by atoms with van der Waals surface area (Å²) >= 11 is 0. The number of imidazole rings is 1. The maximum absolute atomic E-state index is 12.9. The van der Waals surface area contributed by atoms with Gasteiger partial charge in [-0.2, -0.15) is 0 Å². The van der Waals surface area contributed by atoms with Gasteiger partial charge in [0.1, 0.15) is 5.65 Å². The normalized spacial score (nSPS) is 11.0. The van der Waals surface area contributed by atoms with Gasteiger partial charge in [-0.3, -0.25) is 4.79 Å². The molecule has 0 bridgehead atoms. The molecule has 26 heavy (non-hydrogen) atoms. The third-order valence-corrected chi connectivity index (χ3v) is 3.95. The molecule has 0 aliphatic rings. The summed E-state index contributed by atoms with van der Waals surface area (Å²) < 4.78 is 12.4. The molecule has 0 aliphatic carbocycles. The SMILES string of the molecule is COc1ccc(NC(=O)c2nc3ccccn3c2CN(C)C)cc1OC. The van der Waals surface area contributed by atoms with Crippen LogP contribution in [0.5, 0.6) is 11.5 Å². The smallest absolute Gasteiger partial charge is 0.276 e. The molecule has 0 radical (unpaired) electrons. The van der Waals surface area contributed by atoms with E-state index in [-0.39, 0.29) is 5.91 Å². The Morgan fingerprint density at radius 1 is 1.15 bits per heavy atom. The molecule has 0 atom stereocenters. The van der Waals surface area contributed by atoms with Crippen LogP contribution in [0.4, 0.5) is 5.69 Å². The Labute approximate surface area is 152 Å². The van der Waals surface area contributed by atoms with Crippen molar-refractivity contribution in [3.8, 4) is 11.5 Å². The highest BCUT2D eigenvalue weighted by Gasteiger charge is 2.20. The summed E-state index contributed by atoms with van der Waals surface area (Å²) in [5.74, 6) is 0.887. The van der Waals surface area contributed by atoms with Gasteiger partial charge >= 0.3 is 0 Å². The number of ether oxygens (including phenoxy) is 2. The first kappa shape index (κ1) is 17.8. The zero-order chi connectivity index (χ0) is 18.7. The van der Waals surface area contributed by atoms with Gasteiger partial charge in [0.15, 0.2) is 17.2 Å². The van der Waals surface area contributed by atoms with E-state index in [9.17, 15) is 4.79 Å². The van der Waals surface area contributed by atoms with E-state index in [0.717, 1.165) is 11.3 Å². The molecule has 1 aromatic carbocycles. The standard InChI is InChI=1S/C19H22N4O3/c1-22(2)12-14-18(21-17-7-5-6-10-23(14)17)19(24)20-13-8-9-15(25-3)16(11-13)26-4/h5-11H,12H2,1-4H3,(H,20,24). The number of carbonyl (C=O) groups excluding carboxylic acids is 1. The van der Waals surface area contributed by atoms with Crippen molar-refractivity contribution in [2.45, 2.75) is 6.54 Å². The van der Waals surface area contributed by atoms with Gasteiger partial charge in [-0.25, -0.2) is 4.98 Å². The number of hydrogen-bond acceptors (Lipinski definition) is 5. The van der Waals surface area contributed by atoms with E-state index in [1.54, 1.807) is 32.4 Å². The highest BCUT2D eigenvalue weighted by Crippen LogP contribution is 2.30. The number of anilines is 1. The van der Waals surface area contributed by atoms with Crippen LogP contribution in [0.15, 0.2) is 42.6 Å². The first-order chi connectivity index (χ1) is 12.5. The van der Waals surface area contributed by atoms with Crippen molar-refractivity contribution in [2.24, 2.45) is 0 Å². The maximum atomic E-state index is 12.9. The predicted octanol–water partition coefficient (Wildman–Crippen LogP) is 2.67. The summed E-state index contributed by atoms with van der Waals surface area (Å²) in [7, 11) is 7.04. The number of benzene rings is 1. The van der Waals surface area contributed by atoms with Crippen molar-refractivity contribution in [3.63, 3.8) is 0 Å². The van der Waals surface area contributed by atoms with Crippen molar-refractivity contribution in [3.05, 3.63) is 54.0 Å². The summed E-state index contributed by atoms with van der Waals surface area (Å²) in [6.07, 6.45) is 1.91. The fourth-order valence-corrected chi connectivity index (χ4v) is 2.78. The Hall–Kier alpha value is -3.06. The number of rotatable bonds is 6. The fraction of sp³-hybridized carbons (Fsp3) is 0.263. The Morgan fingerprint density at radius 3 is 2.62 bits per heavy atom. The van der Waals surface area contributed by atoms with E-state index in [4.69, 9.17) is 9.47 Å². The Kier molecular flexibility index (Phi) is 5.09. The molecule has 0 saturated heterocycles. The molecule has 7 nitrogen and oxygen atoms in total. The molecule has 0 unspecified atom stereocenters. The third kappa shape index (κ3) is 3.48. The molecule has 0 saturated carbocycles. The summed E-state index contributed by atoms with van der Waals surface area (Å²) in [6.45, 7) is 0.597. The van der Waals surface area contributed by atoms with Gasteiger partial charge in [0.2, 0.25) is 0 Å². The Balaban J connectivity index is 1.95. The van der Waals surface area contributed by atoms with Crippen LogP contribution in [0, 0.1) is 0 Å². The van der Waals surface area contributed by atoms with Crippen LogP contribution in [0.2, 0.25) is 0 Å². The number of fused-ring (bicyclic) bond motifs is 1. The number of aromatic nitrogens is 2. The molecular formula is C19H22N4O3. The van der Waals surface area contributed by atoms with Crippen molar-refractivity contribution < 1.29 is 14.3 Å². The van der Waals surface area contributed by atoms with E-state index in [0.29, 0.717) is 29.4 Å². The van der Waals surface area contributed by atoms with Gasteiger partial charge < -0.3 is 24.1 Å². The van der Waals surface area contributed by atoms with Crippen molar-refractivity contribution >= 4 is 17.2 Å². The van der Waals surface area contributed by atoms with Crippen molar-refractivity contribution in [1.82, 2.24) is 14.3 Å². The molecule has 0 fully saturated rings. The van der Waals surface area contributed by atoms with E-state index in [1.807, 2.05) is 47.8 Å². The van der Waals surface area contributed by atoms with E-state index in [2.05, 4.69) is 10.3 Å². The lowest BCUT2D eigenvalue weighted by molar-refractivity contribution is 0.102. The molecule has 0 aliphatic heterocycles. The molecule has 3 aromatic rings. The lowest BCUT2D eigenvalue weighted by Gasteiger charge is -2.12. The minimum atomic E-state index is -0.266. The zero-order valence-electron chi connectivity index (χ0n) is 15.3. The quantitative estimate of drug-likeness (QED) is 0.737. The van der Waals surface area contributed by atoms with Gasteiger partial charge in [-0.1, -0.05) is 6.07 Å². The van der Waals surface area contributed by atoms with Crippen LogP contribution in [0.25, 0.3) is 5.65 Å². The molecular weight excluding hydrogens is 332 g/mol. The monoisotopic (exact) mass is 354 g/mol. The largest absolute Gasteiger partial charge is 0.493 e. The molecule has 136 valence electrons. The molecule has 0 spiro atoms. The molecule has 1 N–H and O–H groups in total. The van der Waals surface area contributed by atoms with Crippen molar-refractivity contribution in [2.75, 3.05) is 33.6 Å². The van der Waals surface area contributed by atoms with Crippen LogP contribution < -0.4 is 14.8 Å². The number of nitrogens with one attached hydrogen (secondary N) is 1. The molecule has 2 heterocycles. The number of amides is 1. The first-order valence-corrected chi connectivity index (χ1v) is 8.17. The first-order valence-electron chi connectivity index (χ1n) is 8.17. The average molecular weight is 354 g/mol. The van der Waals surface area contributed by atoms with Gasteiger partial charge in [0.05, 0.1) is 19.9 Å². The van der Waals surface area contributed by atoms with E-state index >= 15 is 0 Å². The lowest BCUT2D eigenvalue weighted by atomic mass is 10.2. The Bertz CT molecular complexity index is 934. The van der Waals surface area contributed by atoms with Crippen LogP contribution in [0.1, 0.15) is 16.2 Å². The minimum Gasteiger partial charge on any atom is -0.493 e. The number of pyridine rings is 1. The second-order valence-electron chi connectivity index (χ2n) is 6.10. The van der Waals surface area contributed by atoms with Gasteiger partial charge in [0, 0.05) is 24.5 Å². The zero-order valence-corrected chi connectivity index (χ0v) is 15.3. The minimum absolute atomic E-state index is 0.266. The van der Waals surface area contributed by atoms with Gasteiger partial charge in [-0.05, 0) is 38.4 Å². The van der Waals surface area contributed by atoms with Crippen LogP contribution >= 0.6 is 0 Å². The second-order valence-corrected chi connectivity index (χ2v) is 6.10. The van der Waals surface area contributed by atoms with Crippen LogP contribution in [-0.2, 0) is 6.54 Å². The number of carbonyl (C=O) groups is 1. The van der Waals surface area contributed by atoms with Crippen molar-refractivity contribution in [1.29, 1.82) is 0 Å². The van der Waals surface area contributed by atoms with Gasteiger partial charge in [0.25, 0.3) is 5.91 Å². The predicted molar refractivity (Wildman–Crippen MR) is 100 cm³/mol. The Morgan fingerprint density at radius 2 is 1.92 bits per heavy atom. The van der Waals surface area contributed by atoms with E-state index < -0.39 is 0 Å².